The number of hydrogen-bond acceptors (Lipinski definition) is 4. The Kier molecular flexibility index (Phi) is 5.63. The number of carbonyl (C=O) groups excluding carboxylic acids is 2. The number of nitro benzene ring substituents is 1. The number of nitro groups is 1. The van der Waals surface area contributed by atoms with Crippen LogP contribution in [0.2, 0.25) is 0 Å². The van der Waals surface area contributed by atoms with Crippen LogP contribution in [0.15, 0.2) is 12.1 Å². The minimum atomic E-state index is -5.70. The van der Waals surface area contributed by atoms with Gasteiger partial charge in [-0.15, -0.1) is 0 Å². The molecule has 0 aliphatic carbocycles. The third-order valence-corrected chi connectivity index (χ3v) is 2.64. The summed E-state index contributed by atoms with van der Waals surface area (Å²) in [6, 6.07) is -0.627. The van der Waals surface area contributed by atoms with Crippen molar-refractivity contribution in [2.75, 3.05) is 10.6 Å². The topological polar surface area (TPSA) is 101 Å². The lowest BCUT2D eigenvalue weighted by molar-refractivity contribution is -0.384. The van der Waals surface area contributed by atoms with Gasteiger partial charge >= 0.3 is 30.3 Å². The second-order valence-electron chi connectivity index (χ2n) is 4.58. The van der Waals surface area contributed by atoms with Gasteiger partial charge < -0.3 is 10.6 Å². The standard InChI is InChI=1S/C11H4F9N3O4/c12-9(13,14)3-1-4(21-7(24)10(15,16)17)6(5(2-3)23(26)27)22-8(25)11(18,19)20/h1-2H,(H,21,24)(H,22,25). The van der Waals surface area contributed by atoms with Crippen LogP contribution in [0.1, 0.15) is 5.56 Å². The molecule has 27 heavy (non-hydrogen) atoms. The van der Waals surface area contributed by atoms with Crippen molar-refractivity contribution >= 4 is 28.9 Å². The summed E-state index contributed by atoms with van der Waals surface area (Å²) in [5, 5.41) is 12.4. The minimum absolute atomic E-state index is 0.303. The van der Waals surface area contributed by atoms with Crippen LogP contribution in [-0.2, 0) is 15.8 Å². The lowest BCUT2D eigenvalue weighted by atomic mass is 10.1. The molecule has 0 bridgehead atoms. The Morgan fingerprint density at radius 1 is 0.852 bits per heavy atom. The van der Waals surface area contributed by atoms with E-state index >= 15 is 0 Å². The van der Waals surface area contributed by atoms with Crippen LogP contribution >= 0.6 is 0 Å². The van der Waals surface area contributed by atoms with Crippen molar-refractivity contribution in [3.63, 3.8) is 0 Å². The molecule has 0 aliphatic rings. The number of alkyl halides is 9. The molecule has 7 nitrogen and oxygen atoms in total. The molecular formula is C11H4F9N3O4. The predicted molar refractivity (Wildman–Crippen MR) is 67.5 cm³/mol. The van der Waals surface area contributed by atoms with E-state index in [4.69, 9.17) is 0 Å². The van der Waals surface area contributed by atoms with Crippen molar-refractivity contribution in [2.45, 2.75) is 18.5 Å². The molecule has 2 amide bonds. The number of anilines is 2. The number of nitrogens with zero attached hydrogens (tertiary/aromatic N) is 1. The average molecular weight is 413 g/mol. The summed E-state index contributed by atoms with van der Waals surface area (Å²) in [5.74, 6) is -5.88. The van der Waals surface area contributed by atoms with Crippen LogP contribution in [0.3, 0.4) is 0 Å². The molecule has 0 spiro atoms. The average Bonchev–Trinajstić information content (AvgIpc) is 2.44. The van der Waals surface area contributed by atoms with E-state index in [9.17, 15) is 59.2 Å². The van der Waals surface area contributed by atoms with Gasteiger partial charge in [0.15, 0.2) is 0 Å². The number of nitrogens with one attached hydrogen (secondary N) is 2. The third kappa shape index (κ3) is 5.45. The molecule has 2 N–H and O–H groups in total. The smallest absolute Gasteiger partial charge is 0.316 e. The molecule has 0 saturated carbocycles. The predicted octanol–water partition coefficient (Wildman–Crippen LogP) is 3.62. The van der Waals surface area contributed by atoms with Crippen LogP contribution in [0.5, 0.6) is 0 Å². The molecule has 1 aromatic rings. The second-order valence-corrected chi connectivity index (χ2v) is 4.58. The molecule has 16 heteroatoms. The Labute approximate surface area is 141 Å². The van der Waals surface area contributed by atoms with Gasteiger partial charge in [0.2, 0.25) is 0 Å². The summed E-state index contributed by atoms with van der Waals surface area (Å²) < 4.78 is 112. The van der Waals surface area contributed by atoms with Crippen LogP contribution in [-0.4, -0.2) is 29.1 Å². The third-order valence-electron chi connectivity index (χ3n) is 2.64. The zero-order valence-corrected chi connectivity index (χ0v) is 12.1. The Bertz CT molecular complexity index is 783. The Balaban J connectivity index is 3.66. The first kappa shape index (κ1) is 22.0. The Hall–Kier alpha value is -3.07. The highest BCUT2D eigenvalue weighted by Gasteiger charge is 2.43. The monoisotopic (exact) mass is 413 g/mol. The number of rotatable bonds is 3. The van der Waals surface area contributed by atoms with Crippen molar-refractivity contribution in [2.24, 2.45) is 0 Å². The second kappa shape index (κ2) is 6.92. The maximum Gasteiger partial charge on any atom is 0.471 e. The molecule has 150 valence electrons. The van der Waals surface area contributed by atoms with Gasteiger partial charge in [0, 0.05) is 6.07 Å². The molecule has 0 radical (unpaired) electrons. The number of amides is 2. The van der Waals surface area contributed by atoms with Crippen molar-refractivity contribution in [1.29, 1.82) is 0 Å². The van der Waals surface area contributed by atoms with Gasteiger partial charge in [-0.25, -0.2) is 0 Å². The van der Waals surface area contributed by atoms with Crippen LogP contribution in [0, 0.1) is 10.1 Å². The molecule has 0 atom stereocenters. The van der Waals surface area contributed by atoms with Gasteiger partial charge in [0.25, 0.3) is 5.69 Å². The number of hydrogen-bond donors (Lipinski definition) is 2. The van der Waals surface area contributed by atoms with Crippen molar-refractivity contribution in [3.8, 4) is 0 Å². The van der Waals surface area contributed by atoms with Gasteiger partial charge in [-0.2, -0.15) is 39.5 Å². The van der Waals surface area contributed by atoms with Crippen LogP contribution in [0.4, 0.5) is 56.6 Å². The lowest BCUT2D eigenvalue weighted by Crippen LogP contribution is -2.33. The quantitative estimate of drug-likeness (QED) is 0.449. The fourth-order valence-electron chi connectivity index (χ4n) is 1.54. The SMILES string of the molecule is O=C(Nc1cc(C(F)(F)F)cc([N+](=O)[O-])c1NC(=O)C(F)(F)F)C(F)(F)F. The lowest BCUT2D eigenvalue weighted by Gasteiger charge is -2.17. The molecule has 0 unspecified atom stereocenters. The summed E-state index contributed by atoms with van der Waals surface area (Å²) in [6.45, 7) is 0. The number of carbonyl (C=O) groups is 2. The molecule has 0 aromatic heterocycles. The molecule has 0 saturated heterocycles. The zero-order chi connectivity index (χ0) is 21.4. The first-order valence-electron chi connectivity index (χ1n) is 6.10. The highest BCUT2D eigenvalue weighted by atomic mass is 19.4. The van der Waals surface area contributed by atoms with Gasteiger partial charge in [0.05, 0.1) is 16.2 Å². The van der Waals surface area contributed by atoms with Crippen LogP contribution < -0.4 is 10.6 Å². The highest BCUT2D eigenvalue weighted by Crippen LogP contribution is 2.41. The van der Waals surface area contributed by atoms with Gasteiger partial charge in [-0.1, -0.05) is 0 Å². The fraction of sp³-hybridized carbons (Fsp3) is 0.273. The maximum atomic E-state index is 12.7. The van der Waals surface area contributed by atoms with E-state index in [0.717, 1.165) is 10.6 Å². The first-order valence-corrected chi connectivity index (χ1v) is 6.10. The molecule has 1 rings (SSSR count). The molecule has 0 heterocycles. The van der Waals surface area contributed by atoms with Crippen LogP contribution in [0.25, 0.3) is 0 Å². The normalized spacial score (nSPS) is 12.5. The van der Waals surface area contributed by atoms with Crippen molar-refractivity contribution in [1.82, 2.24) is 0 Å². The Morgan fingerprint density at radius 3 is 1.67 bits per heavy atom. The van der Waals surface area contributed by atoms with E-state index in [1.807, 2.05) is 0 Å². The molecular weight excluding hydrogens is 409 g/mol. The summed E-state index contributed by atoms with van der Waals surface area (Å²) in [6.07, 6.45) is -16.8. The fourth-order valence-corrected chi connectivity index (χ4v) is 1.54. The van der Waals surface area contributed by atoms with Gasteiger partial charge in [0.1, 0.15) is 5.69 Å². The van der Waals surface area contributed by atoms with Crippen molar-refractivity contribution in [3.05, 3.63) is 27.8 Å². The van der Waals surface area contributed by atoms with Crippen molar-refractivity contribution < 1.29 is 54.0 Å². The summed E-state index contributed by atoms with van der Waals surface area (Å²) >= 11 is 0. The summed E-state index contributed by atoms with van der Waals surface area (Å²) in [4.78, 5) is 30.9. The van der Waals surface area contributed by atoms with E-state index in [2.05, 4.69) is 0 Å². The summed E-state index contributed by atoms with van der Waals surface area (Å²) in [5.41, 5.74) is -7.22. The minimum Gasteiger partial charge on any atom is -0.316 e. The maximum absolute atomic E-state index is 12.7. The number of benzene rings is 1. The van der Waals surface area contributed by atoms with E-state index < -0.39 is 57.9 Å². The molecule has 0 aliphatic heterocycles. The molecule has 0 fully saturated rings. The Morgan fingerprint density at radius 2 is 1.30 bits per heavy atom. The number of halogens is 9. The van der Waals surface area contributed by atoms with E-state index in [1.165, 1.54) is 0 Å². The largest absolute Gasteiger partial charge is 0.471 e. The first-order chi connectivity index (χ1) is 11.9. The highest BCUT2D eigenvalue weighted by molar-refractivity contribution is 6.05. The van der Waals surface area contributed by atoms with E-state index in [0.29, 0.717) is 0 Å². The summed E-state index contributed by atoms with van der Waals surface area (Å²) in [7, 11) is 0. The molecule has 1 aromatic carbocycles. The zero-order valence-electron chi connectivity index (χ0n) is 12.1. The van der Waals surface area contributed by atoms with Gasteiger partial charge in [-0.3, -0.25) is 19.7 Å². The van der Waals surface area contributed by atoms with E-state index in [-0.39, 0.29) is 12.1 Å². The van der Waals surface area contributed by atoms with E-state index in [1.54, 1.807) is 0 Å². The van der Waals surface area contributed by atoms with Gasteiger partial charge in [-0.05, 0) is 6.07 Å².